The van der Waals surface area contributed by atoms with E-state index in [0.29, 0.717) is 0 Å². The Bertz CT molecular complexity index is 870. The summed E-state index contributed by atoms with van der Waals surface area (Å²) in [6.45, 7) is 0.779. The number of aromatic nitrogens is 1. The van der Waals surface area contributed by atoms with Crippen LogP contribution in [-0.2, 0) is 6.54 Å². The molecule has 4 heteroatoms. The molecule has 0 radical (unpaired) electrons. The number of pyridine rings is 1. The van der Waals surface area contributed by atoms with Gasteiger partial charge in [-0.1, -0.05) is 36.4 Å². The summed E-state index contributed by atoms with van der Waals surface area (Å²) >= 11 is 0. The lowest BCUT2D eigenvalue weighted by Gasteiger charge is -2.26. The fraction of sp³-hybridized carbons (Fsp3) is 0.118. The molecule has 2 aromatic carbocycles. The van der Waals surface area contributed by atoms with E-state index >= 15 is 0 Å². The lowest BCUT2D eigenvalue weighted by Crippen LogP contribution is -2.30. The first-order chi connectivity index (χ1) is 10.3. The molecule has 0 aliphatic carbocycles. The van der Waals surface area contributed by atoms with Crippen molar-refractivity contribution in [3.8, 4) is 0 Å². The number of nitrogens with one attached hydrogen (secondary N) is 1. The summed E-state index contributed by atoms with van der Waals surface area (Å²) in [7, 11) is 2.03. The second-order valence-corrected chi connectivity index (χ2v) is 5.29. The molecule has 0 saturated carbocycles. The van der Waals surface area contributed by atoms with Crippen molar-refractivity contribution in [1.29, 1.82) is 0 Å². The maximum Gasteiger partial charge on any atom is 0.257 e. The standard InChI is InChI=1S/C17H15N3O/c1-19-11-15-13-9-5-6-10-14(13)17(21)18-16(15)20(19)12-7-3-2-4-8-12/h2-10H,11H2,1H3,(H,18,21). The Hall–Kier alpha value is -2.59. The Labute approximate surface area is 122 Å². The van der Waals surface area contributed by atoms with Crippen LogP contribution in [0.5, 0.6) is 0 Å². The molecule has 2 heterocycles. The Morgan fingerprint density at radius 3 is 2.38 bits per heavy atom. The molecule has 0 saturated heterocycles. The van der Waals surface area contributed by atoms with Gasteiger partial charge in [0.05, 0.1) is 5.69 Å². The van der Waals surface area contributed by atoms with Gasteiger partial charge in [-0.3, -0.25) is 9.80 Å². The van der Waals surface area contributed by atoms with Crippen LogP contribution in [0.1, 0.15) is 5.56 Å². The molecule has 104 valence electrons. The molecule has 3 aromatic rings. The van der Waals surface area contributed by atoms with Crippen LogP contribution >= 0.6 is 0 Å². The third kappa shape index (κ3) is 1.76. The molecule has 1 aromatic heterocycles. The quantitative estimate of drug-likeness (QED) is 0.743. The topological polar surface area (TPSA) is 39.3 Å². The third-order valence-electron chi connectivity index (χ3n) is 3.96. The Balaban J connectivity index is 2.00. The molecule has 0 fully saturated rings. The van der Waals surface area contributed by atoms with Gasteiger partial charge in [0, 0.05) is 24.5 Å². The van der Waals surface area contributed by atoms with Crippen LogP contribution in [-0.4, -0.2) is 17.0 Å². The van der Waals surface area contributed by atoms with E-state index < -0.39 is 0 Å². The van der Waals surface area contributed by atoms with Gasteiger partial charge < -0.3 is 4.98 Å². The van der Waals surface area contributed by atoms with Crippen LogP contribution in [0.4, 0.5) is 11.5 Å². The van der Waals surface area contributed by atoms with Crippen molar-refractivity contribution in [1.82, 2.24) is 9.99 Å². The van der Waals surface area contributed by atoms with Gasteiger partial charge in [0.15, 0.2) is 0 Å². The van der Waals surface area contributed by atoms with Crippen LogP contribution in [0.25, 0.3) is 10.8 Å². The van der Waals surface area contributed by atoms with E-state index in [4.69, 9.17) is 0 Å². The highest BCUT2D eigenvalue weighted by Gasteiger charge is 2.28. The van der Waals surface area contributed by atoms with Crippen molar-refractivity contribution >= 4 is 22.3 Å². The first-order valence-corrected chi connectivity index (χ1v) is 6.96. The summed E-state index contributed by atoms with van der Waals surface area (Å²) in [5, 5.41) is 5.95. The number of hydrogen-bond acceptors (Lipinski definition) is 3. The number of benzene rings is 2. The molecule has 0 spiro atoms. The second-order valence-electron chi connectivity index (χ2n) is 5.29. The predicted molar refractivity (Wildman–Crippen MR) is 84.6 cm³/mol. The molecule has 1 aliphatic heterocycles. The molecule has 4 nitrogen and oxygen atoms in total. The number of aromatic amines is 1. The second kappa shape index (κ2) is 4.46. The van der Waals surface area contributed by atoms with E-state index in [0.717, 1.165) is 34.4 Å². The number of hydrogen-bond donors (Lipinski definition) is 1. The van der Waals surface area contributed by atoms with E-state index in [2.05, 4.69) is 15.0 Å². The number of anilines is 2. The van der Waals surface area contributed by atoms with E-state index in [-0.39, 0.29) is 5.56 Å². The molecule has 1 N–H and O–H groups in total. The fourth-order valence-corrected chi connectivity index (χ4v) is 3.03. The summed E-state index contributed by atoms with van der Waals surface area (Å²) in [6, 6.07) is 17.8. The van der Waals surface area contributed by atoms with Crippen molar-refractivity contribution in [2.45, 2.75) is 6.54 Å². The minimum Gasteiger partial charge on any atom is -0.307 e. The van der Waals surface area contributed by atoms with Gasteiger partial charge in [-0.15, -0.1) is 0 Å². The van der Waals surface area contributed by atoms with E-state index in [1.54, 1.807) is 0 Å². The highest BCUT2D eigenvalue weighted by Crippen LogP contribution is 2.37. The van der Waals surface area contributed by atoms with Crippen LogP contribution in [0.2, 0.25) is 0 Å². The van der Waals surface area contributed by atoms with Gasteiger partial charge in [-0.25, -0.2) is 5.01 Å². The molecule has 21 heavy (non-hydrogen) atoms. The molecule has 0 bridgehead atoms. The van der Waals surface area contributed by atoms with Gasteiger partial charge in [-0.05, 0) is 23.6 Å². The van der Waals surface area contributed by atoms with Crippen molar-refractivity contribution in [3.63, 3.8) is 0 Å². The first-order valence-electron chi connectivity index (χ1n) is 6.96. The number of rotatable bonds is 1. The Kier molecular flexibility index (Phi) is 2.59. The smallest absolute Gasteiger partial charge is 0.257 e. The lowest BCUT2D eigenvalue weighted by atomic mass is 10.1. The maximum absolute atomic E-state index is 12.3. The van der Waals surface area contributed by atoms with Gasteiger partial charge in [0.2, 0.25) is 0 Å². The first kappa shape index (κ1) is 12.2. The number of fused-ring (bicyclic) bond motifs is 3. The van der Waals surface area contributed by atoms with Gasteiger partial charge in [-0.2, -0.15) is 0 Å². The molecule has 0 atom stereocenters. The van der Waals surface area contributed by atoms with Crippen LogP contribution in [0, 0.1) is 0 Å². The average Bonchev–Trinajstić information content (AvgIpc) is 2.85. The summed E-state index contributed by atoms with van der Waals surface area (Å²) in [6.07, 6.45) is 0. The molecular weight excluding hydrogens is 262 g/mol. The number of para-hydroxylation sites is 1. The van der Waals surface area contributed by atoms with Crippen molar-refractivity contribution in [3.05, 3.63) is 70.5 Å². The molecule has 4 rings (SSSR count). The zero-order valence-corrected chi connectivity index (χ0v) is 11.7. The number of hydrazine groups is 1. The van der Waals surface area contributed by atoms with Gasteiger partial charge in [0.25, 0.3) is 5.56 Å². The fourth-order valence-electron chi connectivity index (χ4n) is 3.03. The molecular formula is C17H15N3O. The van der Waals surface area contributed by atoms with Crippen molar-refractivity contribution in [2.75, 3.05) is 12.1 Å². The highest BCUT2D eigenvalue weighted by atomic mass is 16.1. The van der Waals surface area contributed by atoms with Crippen molar-refractivity contribution in [2.24, 2.45) is 0 Å². The Morgan fingerprint density at radius 2 is 1.62 bits per heavy atom. The van der Waals surface area contributed by atoms with Crippen molar-refractivity contribution < 1.29 is 0 Å². The minimum absolute atomic E-state index is 0.0411. The van der Waals surface area contributed by atoms with Gasteiger partial charge >= 0.3 is 0 Å². The summed E-state index contributed by atoms with van der Waals surface area (Å²) in [5.74, 6) is 0.868. The molecule has 0 amide bonds. The average molecular weight is 277 g/mol. The SMILES string of the molecule is CN1Cc2c([nH]c(=O)c3ccccc23)N1c1ccccc1. The normalized spacial score (nSPS) is 14.6. The molecule has 0 unspecified atom stereocenters. The minimum atomic E-state index is -0.0411. The lowest BCUT2D eigenvalue weighted by molar-refractivity contribution is 0.361. The van der Waals surface area contributed by atoms with E-state index in [1.165, 1.54) is 0 Å². The highest BCUT2D eigenvalue weighted by molar-refractivity contribution is 5.90. The monoisotopic (exact) mass is 277 g/mol. The Morgan fingerprint density at radius 1 is 0.952 bits per heavy atom. The number of nitrogens with zero attached hydrogens (tertiary/aromatic N) is 2. The predicted octanol–water partition coefficient (Wildman–Crippen LogP) is 3.03. The maximum atomic E-state index is 12.3. The zero-order valence-electron chi connectivity index (χ0n) is 11.7. The number of H-pyrrole nitrogens is 1. The summed E-state index contributed by atoms with van der Waals surface area (Å²) in [4.78, 5) is 15.4. The summed E-state index contributed by atoms with van der Waals surface area (Å²) < 4.78 is 0. The zero-order chi connectivity index (χ0) is 14.4. The molecule has 1 aliphatic rings. The van der Waals surface area contributed by atoms with Crippen LogP contribution in [0.3, 0.4) is 0 Å². The largest absolute Gasteiger partial charge is 0.307 e. The van der Waals surface area contributed by atoms with Gasteiger partial charge in [0.1, 0.15) is 5.82 Å². The van der Waals surface area contributed by atoms with Crippen LogP contribution < -0.4 is 10.6 Å². The van der Waals surface area contributed by atoms with Crippen LogP contribution in [0.15, 0.2) is 59.4 Å². The van der Waals surface area contributed by atoms with E-state index in [9.17, 15) is 4.79 Å². The summed E-state index contributed by atoms with van der Waals surface area (Å²) in [5.41, 5.74) is 2.17. The third-order valence-corrected chi connectivity index (χ3v) is 3.96. The van der Waals surface area contributed by atoms with E-state index in [1.807, 2.05) is 61.6 Å².